The summed E-state index contributed by atoms with van der Waals surface area (Å²) >= 11 is 0. The van der Waals surface area contributed by atoms with Crippen LogP contribution in [0, 0.1) is 0 Å². The Bertz CT molecular complexity index is 532. The van der Waals surface area contributed by atoms with Crippen molar-refractivity contribution in [2.75, 3.05) is 0 Å². The van der Waals surface area contributed by atoms with Crippen molar-refractivity contribution >= 4 is 0 Å². The average molecular weight is 228 g/mol. The van der Waals surface area contributed by atoms with Gasteiger partial charge >= 0.3 is 0 Å². The van der Waals surface area contributed by atoms with Gasteiger partial charge in [-0.25, -0.2) is 9.97 Å². The smallest absolute Gasteiger partial charge is 0.261 e. The van der Waals surface area contributed by atoms with E-state index in [-0.39, 0.29) is 0 Å². The van der Waals surface area contributed by atoms with Crippen molar-refractivity contribution in [3.8, 4) is 11.5 Å². The van der Waals surface area contributed by atoms with Gasteiger partial charge in [0.2, 0.25) is 0 Å². The van der Waals surface area contributed by atoms with E-state index in [1.807, 2.05) is 0 Å². The molecule has 2 heterocycles. The number of nitrogens with zero attached hydrogens (tertiary/aromatic N) is 4. The third-order valence-electron chi connectivity index (χ3n) is 2.80. The van der Waals surface area contributed by atoms with Crippen LogP contribution in [-0.4, -0.2) is 20.1 Å². The molecule has 0 saturated heterocycles. The zero-order valence-corrected chi connectivity index (χ0v) is 9.33. The van der Waals surface area contributed by atoms with Crippen LogP contribution in [0.4, 0.5) is 0 Å². The summed E-state index contributed by atoms with van der Waals surface area (Å²) in [4.78, 5) is 12.2. The number of rotatable bonds is 3. The van der Waals surface area contributed by atoms with Crippen LogP contribution in [0.5, 0.6) is 0 Å². The fourth-order valence-corrected chi connectivity index (χ4v) is 1.95. The molecular formula is C12H12N4O. The zero-order chi connectivity index (χ0) is 11.5. The molecule has 0 aliphatic heterocycles. The van der Waals surface area contributed by atoms with Crippen molar-refractivity contribution in [2.24, 2.45) is 0 Å². The number of allylic oxidation sites excluding steroid dienone is 2. The largest absolute Gasteiger partial charge is 0.334 e. The van der Waals surface area contributed by atoms with E-state index in [9.17, 15) is 0 Å². The topological polar surface area (TPSA) is 64.7 Å². The maximum atomic E-state index is 5.19. The fourth-order valence-electron chi connectivity index (χ4n) is 1.95. The molecule has 0 fully saturated rings. The van der Waals surface area contributed by atoms with Gasteiger partial charge in [-0.3, -0.25) is 0 Å². The van der Waals surface area contributed by atoms with Crippen LogP contribution in [0.25, 0.3) is 11.5 Å². The van der Waals surface area contributed by atoms with E-state index < -0.39 is 0 Å². The van der Waals surface area contributed by atoms with E-state index in [1.54, 1.807) is 12.4 Å². The van der Waals surface area contributed by atoms with Gasteiger partial charge in [0.1, 0.15) is 6.33 Å². The molecule has 0 radical (unpaired) electrons. The molecule has 0 saturated carbocycles. The Balaban J connectivity index is 1.78. The fraction of sp³-hybridized carbons (Fsp3) is 0.333. The Morgan fingerprint density at radius 3 is 2.88 bits per heavy atom. The van der Waals surface area contributed by atoms with Gasteiger partial charge in [-0.15, -0.1) is 0 Å². The molecule has 1 aliphatic carbocycles. The van der Waals surface area contributed by atoms with Gasteiger partial charge in [0.05, 0.1) is 5.56 Å². The first-order valence-electron chi connectivity index (χ1n) is 5.68. The Kier molecular flexibility index (Phi) is 2.65. The zero-order valence-electron chi connectivity index (χ0n) is 9.33. The van der Waals surface area contributed by atoms with E-state index in [1.165, 1.54) is 24.7 Å². The van der Waals surface area contributed by atoms with Gasteiger partial charge < -0.3 is 4.52 Å². The maximum absolute atomic E-state index is 5.19. The van der Waals surface area contributed by atoms with Crippen LogP contribution in [0.15, 0.2) is 34.9 Å². The van der Waals surface area contributed by atoms with Crippen LogP contribution < -0.4 is 0 Å². The summed E-state index contributed by atoms with van der Waals surface area (Å²) in [7, 11) is 0. The van der Waals surface area contributed by atoms with Crippen LogP contribution in [-0.2, 0) is 6.42 Å². The second-order valence-corrected chi connectivity index (χ2v) is 4.07. The van der Waals surface area contributed by atoms with Crippen molar-refractivity contribution in [3.63, 3.8) is 0 Å². The molecule has 2 aromatic rings. The monoisotopic (exact) mass is 228 g/mol. The summed E-state index contributed by atoms with van der Waals surface area (Å²) < 4.78 is 5.19. The molecule has 3 rings (SSSR count). The molecule has 0 spiro atoms. The van der Waals surface area contributed by atoms with Crippen LogP contribution in [0.2, 0.25) is 0 Å². The average Bonchev–Trinajstić information content (AvgIpc) is 3.02. The predicted octanol–water partition coefficient (Wildman–Crippen LogP) is 2.18. The summed E-state index contributed by atoms with van der Waals surface area (Å²) in [5.41, 5.74) is 2.16. The lowest BCUT2D eigenvalue weighted by Crippen LogP contribution is -1.90. The molecule has 0 N–H and O–H groups in total. The summed E-state index contributed by atoms with van der Waals surface area (Å²) in [5, 5.41) is 3.97. The number of hydrogen-bond acceptors (Lipinski definition) is 5. The minimum Gasteiger partial charge on any atom is -0.334 e. The highest BCUT2D eigenvalue weighted by Gasteiger charge is 2.12. The Labute approximate surface area is 98.6 Å². The molecule has 17 heavy (non-hydrogen) atoms. The third kappa shape index (κ3) is 2.22. The van der Waals surface area contributed by atoms with Gasteiger partial charge in [0.25, 0.3) is 5.89 Å². The van der Waals surface area contributed by atoms with Gasteiger partial charge in [-0.2, -0.15) is 4.98 Å². The molecule has 5 heteroatoms. The van der Waals surface area contributed by atoms with E-state index in [0.717, 1.165) is 24.2 Å². The molecule has 0 amide bonds. The van der Waals surface area contributed by atoms with E-state index >= 15 is 0 Å². The SMILES string of the molecule is C1=C(Cc2noc(-c3cncnc3)n2)CCC1. The molecule has 0 bridgehead atoms. The minimum atomic E-state index is 0.485. The predicted molar refractivity (Wildman–Crippen MR) is 61.0 cm³/mol. The van der Waals surface area contributed by atoms with Crippen molar-refractivity contribution in [2.45, 2.75) is 25.7 Å². The Hall–Kier alpha value is -2.04. The van der Waals surface area contributed by atoms with Crippen molar-refractivity contribution in [1.29, 1.82) is 0 Å². The van der Waals surface area contributed by atoms with Crippen molar-refractivity contribution in [1.82, 2.24) is 20.1 Å². The highest BCUT2D eigenvalue weighted by Crippen LogP contribution is 2.22. The van der Waals surface area contributed by atoms with Crippen molar-refractivity contribution in [3.05, 3.63) is 36.2 Å². The minimum absolute atomic E-state index is 0.485. The molecule has 5 nitrogen and oxygen atoms in total. The molecule has 1 aliphatic rings. The van der Waals surface area contributed by atoms with Crippen LogP contribution in [0.3, 0.4) is 0 Å². The first-order chi connectivity index (χ1) is 8.42. The quantitative estimate of drug-likeness (QED) is 0.753. The van der Waals surface area contributed by atoms with Gasteiger partial charge in [-0.05, 0) is 19.3 Å². The lowest BCUT2D eigenvalue weighted by Gasteiger charge is -1.94. The molecule has 0 unspecified atom stereocenters. The molecular weight excluding hydrogens is 216 g/mol. The Morgan fingerprint density at radius 1 is 1.24 bits per heavy atom. The Morgan fingerprint density at radius 2 is 2.12 bits per heavy atom. The lowest BCUT2D eigenvalue weighted by molar-refractivity contribution is 0.423. The second kappa shape index (κ2) is 4.45. The van der Waals surface area contributed by atoms with Crippen LogP contribution >= 0.6 is 0 Å². The van der Waals surface area contributed by atoms with E-state index in [0.29, 0.717) is 5.89 Å². The number of aromatic nitrogens is 4. The second-order valence-electron chi connectivity index (χ2n) is 4.07. The third-order valence-corrected chi connectivity index (χ3v) is 2.80. The standard InChI is InChI=1S/C12H12N4O/c1-2-4-9(3-1)5-11-15-12(17-16-11)10-6-13-8-14-7-10/h3,6-8H,1-2,4-5H2. The first kappa shape index (κ1) is 10.1. The van der Waals surface area contributed by atoms with Gasteiger partial charge in [0.15, 0.2) is 5.82 Å². The molecule has 2 aromatic heterocycles. The summed E-state index contributed by atoms with van der Waals surface area (Å²) in [6.45, 7) is 0. The van der Waals surface area contributed by atoms with Gasteiger partial charge in [-0.1, -0.05) is 16.8 Å². The van der Waals surface area contributed by atoms with Crippen molar-refractivity contribution < 1.29 is 4.52 Å². The number of hydrogen-bond donors (Lipinski definition) is 0. The van der Waals surface area contributed by atoms with E-state index in [2.05, 4.69) is 26.2 Å². The molecule has 86 valence electrons. The summed E-state index contributed by atoms with van der Waals surface area (Å²) in [6, 6.07) is 0. The first-order valence-corrected chi connectivity index (χ1v) is 5.68. The highest BCUT2D eigenvalue weighted by molar-refractivity contribution is 5.48. The maximum Gasteiger partial charge on any atom is 0.261 e. The molecule has 0 atom stereocenters. The van der Waals surface area contributed by atoms with Crippen LogP contribution in [0.1, 0.15) is 25.1 Å². The highest BCUT2D eigenvalue weighted by atomic mass is 16.5. The lowest BCUT2D eigenvalue weighted by atomic mass is 10.1. The van der Waals surface area contributed by atoms with Gasteiger partial charge in [0, 0.05) is 18.8 Å². The van der Waals surface area contributed by atoms with E-state index in [4.69, 9.17) is 4.52 Å². The molecule has 0 aromatic carbocycles. The summed E-state index contributed by atoms with van der Waals surface area (Å²) in [6.07, 6.45) is 11.4. The summed E-state index contributed by atoms with van der Waals surface area (Å²) in [5.74, 6) is 1.22. The normalized spacial score (nSPS) is 14.9.